The molecule has 0 saturated carbocycles. The highest BCUT2D eigenvalue weighted by Crippen LogP contribution is 2.50. The van der Waals surface area contributed by atoms with Crippen LogP contribution < -0.4 is 19.6 Å². The van der Waals surface area contributed by atoms with Crippen LogP contribution in [0.25, 0.3) is 80.3 Å². The van der Waals surface area contributed by atoms with E-state index in [9.17, 15) is 10.5 Å². The lowest BCUT2D eigenvalue weighted by Gasteiger charge is -2.32. The van der Waals surface area contributed by atoms with Crippen LogP contribution in [0.4, 0.5) is 79.6 Å². The van der Waals surface area contributed by atoms with Crippen LogP contribution in [0, 0.1) is 35.8 Å². The van der Waals surface area contributed by atoms with Gasteiger partial charge in [0.1, 0.15) is 0 Å². The van der Waals surface area contributed by atoms with E-state index in [2.05, 4.69) is 295 Å². The van der Waals surface area contributed by atoms with Crippen LogP contribution in [0.1, 0.15) is 11.1 Å². The highest BCUT2D eigenvalue weighted by atomic mass is 15.2. The number of rotatable bonds is 13. The van der Waals surface area contributed by atoms with Gasteiger partial charge in [-0.15, -0.1) is 0 Å². The summed E-state index contributed by atoms with van der Waals surface area (Å²) < 4.78 is 2.36. The van der Waals surface area contributed by atoms with Gasteiger partial charge < -0.3 is 24.2 Å². The van der Waals surface area contributed by atoms with Gasteiger partial charge in [-0.1, -0.05) is 182 Å². The van der Waals surface area contributed by atoms with Gasteiger partial charge in [-0.3, -0.25) is 0 Å². The summed E-state index contributed by atoms with van der Waals surface area (Å²) in [5.41, 5.74) is 15.1. The van der Waals surface area contributed by atoms with Gasteiger partial charge >= 0.3 is 0 Å². The molecule has 0 aliphatic carbocycles. The van der Waals surface area contributed by atoms with Gasteiger partial charge in [0.2, 0.25) is 0 Å². The fourth-order valence-corrected chi connectivity index (χ4v) is 13.7. The molecule has 1 heterocycles. The second kappa shape index (κ2) is 23.9. The summed E-state index contributed by atoms with van der Waals surface area (Å²) in [5.74, 6) is 0. The van der Waals surface area contributed by atoms with Crippen LogP contribution in [0.15, 0.2) is 322 Å². The topological polar surface area (TPSA) is 74.2 Å². The van der Waals surface area contributed by atoms with Crippen molar-refractivity contribution in [3.63, 3.8) is 0 Å². The predicted octanol–water partition coefficient (Wildman–Crippen LogP) is 24.1. The van der Waals surface area contributed by atoms with E-state index in [4.69, 9.17) is 13.1 Å². The van der Waals surface area contributed by atoms with E-state index in [0.29, 0.717) is 22.5 Å². The fourth-order valence-electron chi connectivity index (χ4n) is 13.7. The van der Waals surface area contributed by atoms with E-state index in [1.54, 1.807) is 0 Å². The molecule has 1 aromatic heterocycles. The molecular weight excluding hydrogens is 1160 g/mol. The van der Waals surface area contributed by atoms with Crippen LogP contribution in [0.2, 0.25) is 0 Å². The van der Waals surface area contributed by atoms with Crippen LogP contribution in [-0.2, 0) is 0 Å². The number of anilines is 12. The quantitative estimate of drug-likeness (QED) is 0.107. The zero-order valence-electron chi connectivity index (χ0n) is 51.1. The number of fused-ring (bicyclic) bond motifs is 7. The van der Waals surface area contributed by atoms with Gasteiger partial charge in [0.05, 0.1) is 87.3 Å². The zero-order chi connectivity index (χ0) is 63.9. The second-order valence-electron chi connectivity index (χ2n) is 23.4. The minimum Gasteiger partial charge on any atom is -0.311 e. The average molecular weight is 1210 g/mol. The van der Waals surface area contributed by atoms with Gasteiger partial charge in [0.15, 0.2) is 11.4 Å². The molecule has 9 heteroatoms. The van der Waals surface area contributed by atoms with E-state index in [1.165, 1.54) is 0 Å². The molecule has 0 aliphatic heterocycles. The summed E-state index contributed by atoms with van der Waals surface area (Å²) in [6.07, 6.45) is 0. The van der Waals surface area contributed by atoms with Crippen molar-refractivity contribution in [1.82, 2.24) is 4.57 Å². The van der Waals surface area contributed by atoms with E-state index in [1.807, 2.05) is 72.8 Å². The van der Waals surface area contributed by atoms with Gasteiger partial charge in [-0.2, -0.15) is 10.5 Å². The molecule has 0 bridgehead atoms. The Morgan fingerprint density at radius 2 is 0.568 bits per heavy atom. The number of benzene rings is 15. The Morgan fingerprint density at radius 1 is 0.263 bits per heavy atom. The lowest BCUT2D eigenvalue weighted by molar-refractivity contribution is 1.16. The Hall–Kier alpha value is -13.7. The summed E-state index contributed by atoms with van der Waals surface area (Å²) in [7, 11) is 0. The monoisotopic (exact) mass is 1210 g/mol. The van der Waals surface area contributed by atoms with Crippen molar-refractivity contribution in [3.8, 4) is 17.8 Å². The fraction of sp³-hybridized carbons (Fsp3) is 0. The third-order valence-corrected chi connectivity index (χ3v) is 17.8. The Balaban J connectivity index is 1.04. The molecule has 0 N–H and O–H groups in total. The Labute approximate surface area is 549 Å². The summed E-state index contributed by atoms with van der Waals surface area (Å²) in [6.45, 7) is 16.5. The highest BCUT2D eigenvalue weighted by molar-refractivity contribution is 6.14. The molecule has 15 aromatic carbocycles. The summed E-state index contributed by atoms with van der Waals surface area (Å²) in [6, 6.07) is 115. The molecule has 0 saturated heterocycles. The van der Waals surface area contributed by atoms with Gasteiger partial charge in [0.25, 0.3) is 0 Å². The summed E-state index contributed by atoms with van der Waals surface area (Å²) in [5, 5.41) is 31.4. The molecule has 0 spiro atoms. The van der Waals surface area contributed by atoms with Gasteiger partial charge in [-0.25, -0.2) is 9.69 Å². The first-order chi connectivity index (χ1) is 46.9. The normalized spacial score (nSPS) is 11.1. The molecule has 0 radical (unpaired) electrons. The van der Waals surface area contributed by atoms with Crippen molar-refractivity contribution < 1.29 is 0 Å². The Bertz CT molecular complexity index is 5560. The minimum atomic E-state index is 0.499. The summed E-state index contributed by atoms with van der Waals surface area (Å²) in [4.78, 5) is 16.9. The van der Waals surface area contributed by atoms with E-state index in [0.717, 1.165) is 139 Å². The van der Waals surface area contributed by atoms with Crippen molar-refractivity contribution in [2.75, 3.05) is 19.6 Å². The molecule has 0 amide bonds. The molecule has 9 nitrogen and oxygen atoms in total. The number of nitriles is 2. The van der Waals surface area contributed by atoms with Crippen LogP contribution >= 0.6 is 0 Å². The van der Waals surface area contributed by atoms with Crippen molar-refractivity contribution in [2.45, 2.75) is 0 Å². The predicted molar refractivity (Wildman–Crippen MR) is 391 cm³/mol. The lowest BCUT2D eigenvalue weighted by atomic mass is 10.0. The van der Waals surface area contributed by atoms with E-state index < -0.39 is 0 Å². The Morgan fingerprint density at radius 3 is 0.926 bits per heavy atom. The van der Waals surface area contributed by atoms with Gasteiger partial charge in [-0.05, 0) is 161 Å². The molecule has 0 aliphatic rings. The van der Waals surface area contributed by atoms with Crippen molar-refractivity contribution >= 4 is 145 Å². The molecule has 0 fully saturated rings. The van der Waals surface area contributed by atoms with Crippen molar-refractivity contribution in [2.24, 2.45) is 0 Å². The second-order valence-corrected chi connectivity index (χ2v) is 23.4. The highest BCUT2D eigenvalue weighted by Gasteiger charge is 2.27. The van der Waals surface area contributed by atoms with Gasteiger partial charge in [0, 0.05) is 66.4 Å². The molecule has 16 aromatic rings. The van der Waals surface area contributed by atoms with Crippen LogP contribution in [0.3, 0.4) is 0 Å². The van der Waals surface area contributed by atoms with Crippen LogP contribution in [0.5, 0.6) is 0 Å². The first kappa shape index (κ1) is 56.5. The molecule has 16 rings (SSSR count). The molecular formula is C86H53N9. The SMILES string of the molecule is [C-]#[N+]c1cccc(N(c2cc(N(c3cccc(C#N)c3)c3cccc4ccccc34)cc(-n3c4ccc(N(c5cccc(C#N)c5)c5cccc6ccccc56)cc4c4cc(N(c5cccc([N+]#[C-])c5)c5cccc6ccccc56)ccc43)c2)c2cccc3ccccc23)c1. The average Bonchev–Trinajstić information content (AvgIpc) is 1.58. The molecule has 95 heavy (non-hydrogen) atoms. The summed E-state index contributed by atoms with van der Waals surface area (Å²) >= 11 is 0. The van der Waals surface area contributed by atoms with E-state index in [-0.39, 0.29) is 0 Å². The first-order valence-corrected chi connectivity index (χ1v) is 31.2. The number of hydrogen-bond donors (Lipinski definition) is 0. The lowest BCUT2D eigenvalue weighted by Crippen LogP contribution is -2.15. The number of aromatic nitrogens is 1. The first-order valence-electron chi connectivity index (χ1n) is 31.2. The van der Waals surface area contributed by atoms with E-state index >= 15 is 0 Å². The number of nitrogens with zero attached hydrogens (tertiary/aromatic N) is 9. The number of hydrogen-bond acceptors (Lipinski definition) is 6. The standard InChI is InChI=1S/C86H53N9/c1-89-64-29-17-33-68(49-64)92(82-40-14-26-61-22-4-8-36-76(61)82)71-44-46-86-80(55-71)79-54-70(91(66-31-11-19-58(47-66)56-87)81-39-13-25-60-21-3-7-35-75(60)81)43-45-85(79)95(86)74-52-72(93(67-32-12-20-59(48-67)57-88)83-41-15-27-62-23-5-9-37-77(62)83)51-73(53-74)94(69-34-18-30-65(50-69)90-2)84-42-16-28-63-24-6-10-38-78(63)84/h3-55H. The largest absolute Gasteiger partial charge is 0.311 e. The minimum absolute atomic E-state index is 0.499. The third kappa shape index (κ3) is 10.1. The Kier molecular flexibility index (Phi) is 14.2. The zero-order valence-corrected chi connectivity index (χ0v) is 51.1. The molecule has 0 unspecified atom stereocenters. The maximum absolute atomic E-state index is 10.6. The van der Waals surface area contributed by atoms with Crippen molar-refractivity contribution in [3.05, 3.63) is 355 Å². The van der Waals surface area contributed by atoms with Crippen molar-refractivity contribution in [1.29, 1.82) is 10.5 Å². The molecule has 0 atom stereocenters. The third-order valence-electron chi connectivity index (χ3n) is 17.8. The maximum Gasteiger partial charge on any atom is 0.189 e. The van der Waals surface area contributed by atoms with Crippen LogP contribution in [-0.4, -0.2) is 4.57 Å². The smallest absolute Gasteiger partial charge is 0.189 e. The molecule has 442 valence electrons. The maximum atomic E-state index is 10.6.